The molecule has 1 saturated heterocycles. The van der Waals surface area contributed by atoms with Gasteiger partial charge in [-0.25, -0.2) is 0 Å². The van der Waals surface area contributed by atoms with E-state index in [4.69, 9.17) is 11.5 Å². The van der Waals surface area contributed by atoms with E-state index >= 15 is 0 Å². The number of hydrogen-bond acceptors (Lipinski definition) is 1. The highest BCUT2D eigenvalue weighted by Gasteiger charge is 2.56. The third-order valence-electron chi connectivity index (χ3n) is 7.90. The van der Waals surface area contributed by atoms with Gasteiger partial charge in [-0.15, -0.1) is 0 Å². The molecular weight excluding hydrogens is 421 g/mol. The average Bonchev–Trinajstić information content (AvgIpc) is 2.88. The molecule has 1 radical (unpaired) electrons. The summed E-state index contributed by atoms with van der Waals surface area (Å²) in [7, 11) is 0. The average molecular weight is 465 g/mol. The third kappa shape index (κ3) is 4.50. The molecule has 1 nitrogen and oxygen atoms in total. The quantitative estimate of drug-likeness (QED) is 0.401. The lowest BCUT2D eigenvalue weighted by atomic mass is 9.51. The molecule has 1 aliphatic heterocycles. The fraction of sp³-hybridized carbons (Fsp3) is 0.567. The van der Waals surface area contributed by atoms with Crippen LogP contribution in [0.2, 0.25) is 0 Å². The van der Waals surface area contributed by atoms with Crippen molar-refractivity contribution in [3.05, 3.63) is 63.6 Å². The largest absolute Gasteiger partial charge is 0.363 e. The summed E-state index contributed by atoms with van der Waals surface area (Å²) in [5, 5.41) is 0. The third-order valence-corrected chi connectivity index (χ3v) is 8.32. The van der Waals surface area contributed by atoms with Crippen LogP contribution in [0.3, 0.4) is 0 Å². The smallest absolute Gasteiger partial charge is 0.312 e. The minimum Gasteiger partial charge on any atom is -0.363 e. The molecule has 1 aliphatic rings. The Hall–Kier alpha value is -1.41. The number of rotatable bonds is 5. The van der Waals surface area contributed by atoms with Crippen molar-refractivity contribution >= 4 is 28.7 Å². The van der Waals surface area contributed by atoms with Gasteiger partial charge in [0.2, 0.25) is 0 Å². The molecule has 0 N–H and O–H groups in total. The van der Waals surface area contributed by atoms with Gasteiger partial charge in [0.15, 0.2) is 0 Å². The zero-order valence-electron chi connectivity index (χ0n) is 23.1. The van der Waals surface area contributed by atoms with Crippen molar-refractivity contribution in [2.45, 2.75) is 107 Å². The molecule has 0 amide bonds. The minimum atomic E-state index is -0.166. The summed E-state index contributed by atoms with van der Waals surface area (Å²) in [5.74, 6) is 2.23. The van der Waals surface area contributed by atoms with Crippen LogP contribution in [-0.2, 0) is 0 Å². The maximum Gasteiger partial charge on any atom is 0.312 e. The van der Waals surface area contributed by atoms with Crippen LogP contribution in [0.4, 0.5) is 5.69 Å². The molecule has 0 atom stereocenters. The zero-order valence-corrected chi connectivity index (χ0v) is 23.8. The Balaban J connectivity index is 2.34. The van der Waals surface area contributed by atoms with Gasteiger partial charge < -0.3 is 4.90 Å². The number of para-hydroxylation sites is 1. The van der Waals surface area contributed by atoms with Crippen molar-refractivity contribution < 1.29 is 0 Å². The Bertz CT molecular complexity index is 982. The summed E-state index contributed by atoms with van der Waals surface area (Å²) < 4.78 is 0. The minimum absolute atomic E-state index is 0.00914. The molecule has 3 rings (SSSR count). The molecule has 0 aliphatic carbocycles. The fourth-order valence-electron chi connectivity index (χ4n) is 6.29. The second kappa shape index (κ2) is 8.99. The summed E-state index contributed by atoms with van der Waals surface area (Å²) in [5.41, 5.74) is 10.8. The molecule has 0 aromatic heterocycles. The van der Waals surface area contributed by atoms with Gasteiger partial charge in [0.1, 0.15) is 0 Å². The predicted octanol–water partition coefficient (Wildman–Crippen LogP) is 8.39. The first kappa shape index (κ1) is 26.2. The Labute approximate surface area is 209 Å². The number of benzene rings is 2. The number of hydrogen-bond donors (Lipinski definition) is 0. The maximum absolute atomic E-state index is 7.61. The Morgan fingerprint density at radius 2 is 1.30 bits per heavy atom. The Morgan fingerprint density at radius 3 is 1.73 bits per heavy atom. The van der Waals surface area contributed by atoms with Crippen LogP contribution >= 0.6 is 11.5 Å². The summed E-state index contributed by atoms with van der Waals surface area (Å²) in [6.45, 7) is 27.7. The van der Waals surface area contributed by atoms with Crippen molar-refractivity contribution in [1.82, 2.24) is 0 Å². The van der Waals surface area contributed by atoms with E-state index in [0.29, 0.717) is 11.8 Å². The topological polar surface area (TPSA) is 3.24 Å². The lowest BCUT2D eigenvalue weighted by molar-refractivity contribution is 0.383. The van der Waals surface area contributed by atoms with Crippen LogP contribution in [-0.4, -0.2) is 11.7 Å². The van der Waals surface area contributed by atoms with Gasteiger partial charge in [-0.05, 0) is 87.5 Å². The number of anilines is 1. The van der Waals surface area contributed by atoms with Gasteiger partial charge in [0, 0.05) is 11.2 Å². The molecule has 0 saturated carbocycles. The zero-order chi connectivity index (χ0) is 25.0. The van der Waals surface area contributed by atoms with Gasteiger partial charge in [0.05, 0.1) is 5.94 Å². The van der Waals surface area contributed by atoms with E-state index in [1.807, 2.05) is 0 Å². The molecule has 1 fully saturated rings. The van der Waals surface area contributed by atoms with E-state index in [2.05, 4.69) is 112 Å². The summed E-state index contributed by atoms with van der Waals surface area (Å²) in [6.07, 6.45) is 0.909. The van der Waals surface area contributed by atoms with Gasteiger partial charge in [-0.1, -0.05) is 82.4 Å². The lowest BCUT2D eigenvalue weighted by Gasteiger charge is -2.43. The SMILES string of the molecule is Cc1cc(C)c(C)c(B(Cl)[C]2N(c3c(C(C)C)cccc3C(C)C)C(C)(C)CC2(C)C)c1C. The molecule has 3 heteroatoms. The van der Waals surface area contributed by atoms with E-state index in [1.54, 1.807) is 0 Å². The maximum atomic E-state index is 7.61. The lowest BCUT2D eigenvalue weighted by Crippen LogP contribution is -2.51. The van der Waals surface area contributed by atoms with Crippen LogP contribution in [0.1, 0.15) is 107 Å². The highest BCUT2D eigenvalue weighted by molar-refractivity contribution is 7.18. The fourth-order valence-corrected chi connectivity index (χ4v) is 7.01. The molecule has 2 aromatic carbocycles. The van der Waals surface area contributed by atoms with Crippen molar-refractivity contribution in [3.63, 3.8) is 0 Å². The van der Waals surface area contributed by atoms with Crippen LogP contribution in [0, 0.1) is 39.1 Å². The monoisotopic (exact) mass is 464 g/mol. The van der Waals surface area contributed by atoms with Gasteiger partial charge >= 0.3 is 6.13 Å². The van der Waals surface area contributed by atoms with Crippen LogP contribution in [0.15, 0.2) is 24.3 Å². The van der Waals surface area contributed by atoms with E-state index in [0.717, 1.165) is 6.42 Å². The summed E-state index contributed by atoms with van der Waals surface area (Å²) in [4.78, 5) is 2.66. The summed E-state index contributed by atoms with van der Waals surface area (Å²) in [6, 6.07) is 9.18. The van der Waals surface area contributed by atoms with E-state index in [-0.39, 0.29) is 17.1 Å². The van der Waals surface area contributed by atoms with Gasteiger partial charge in [-0.2, -0.15) is 11.5 Å². The highest BCUT2D eigenvalue weighted by atomic mass is 35.5. The van der Waals surface area contributed by atoms with Crippen LogP contribution < -0.4 is 10.4 Å². The second-order valence-electron chi connectivity index (χ2n) is 12.2. The molecule has 33 heavy (non-hydrogen) atoms. The van der Waals surface area contributed by atoms with E-state index < -0.39 is 0 Å². The molecule has 0 spiro atoms. The predicted molar refractivity (Wildman–Crippen MR) is 149 cm³/mol. The Morgan fingerprint density at radius 1 is 0.848 bits per heavy atom. The summed E-state index contributed by atoms with van der Waals surface area (Å²) >= 11 is 7.61. The second-order valence-corrected chi connectivity index (χ2v) is 12.7. The van der Waals surface area contributed by atoms with Gasteiger partial charge in [-0.3, -0.25) is 0 Å². The normalized spacial score (nSPS) is 18.0. The highest BCUT2D eigenvalue weighted by Crippen LogP contribution is 2.56. The number of halogens is 1. The first-order chi connectivity index (χ1) is 15.1. The number of aryl methyl sites for hydroxylation is 2. The van der Waals surface area contributed by atoms with Crippen molar-refractivity contribution in [3.8, 4) is 0 Å². The first-order valence-electron chi connectivity index (χ1n) is 12.6. The molecule has 2 aromatic rings. The van der Waals surface area contributed by atoms with Crippen molar-refractivity contribution in [2.75, 3.05) is 4.90 Å². The van der Waals surface area contributed by atoms with E-state index in [1.165, 1.54) is 50.5 Å². The van der Waals surface area contributed by atoms with Crippen molar-refractivity contribution in [1.29, 1.82) is 0 Å². The number of nitrogens with zero attached hydrogens (tertiary/aromatic N) is 1. The molecule has 179 valence electrons. The van der Waals surface area contributed by atoms with E-state index in [9.17, 15) is 0 Å². The standard InChI is InChI=1S/C30H44BClN/c1-18(2)24-14-13-15-25(19(3)4)27(24)33-28(29(9,10)17-30(33,11)12)31(32)26-22(7)20(5)16-21(6)23(26)8/h13-16,18-19H,17H2,1-12H3. The van der Waals surface area contributed by atoms with Crippen molar-refractivity contribution in [2.24, 2.45) is 5.41 Å². The molecule has 0 unspecified atom stereocenters. The van der Waals surface area contributed by atoms with Crippen LogP contribution in [0.5, 0.6) is 0 Å². The molecule has 0 bridgehead atoms. The Kier molecular flexibility index (Phi) is 7.14. The molecular formula is C30H44BClN. The first-order valence-corrected chi connectivity index (χ1v) is 13.1. The van der Waals surface area contributed by atoms with Crippen LogP contribution in [0.25, 0.3) is 0 Å². The molecule has 1 heterocycles. The van der Waals surface area contributed by atoms with Gasteiger partial charge in [0.25, 0.3) is 0 Å².